The number of carbonyl (C=O) groups excluding carboxylic acids is 1. The molecule has 1 heterocycles. The Kier molecular flexibility index (Phi) is 6.99. The molecule has 2 N–H and O–H groups in total. The van der Waals surface area contributed by atoms with Gasteiger partial charge < -0.3 is 20.1 Å². The molecular weight excluding hydrogens is 330 g/mol. The lowest BCUT2D eigenvalue weighted by Crippen LogP contribution is -2.47. The molecule has 0 unspecified atom stereocenters. The van der Waals surface area contributed by atoms with Crippen LogP contribution in [0.2, 0.25) is 0 Å². The number of aryl methyl sites for hydroxylation is 1. The van der Waals surface area contributed by atoms with E-state index in [1.807, 2.05) is 6.92 Å². The predicted molar refractivity (Wildman–Crippen MR) is 91.1 cm³/mol. The Labute approximate surface area is 146 Å². The van der Waals surface area contributed by atoms with Gasteiger partial charge in [0.15, 0.2) is 0 Å². The first-order valence-corrected chi connectivity index (χ1v) is 9.05. The second kappa shape index (κ2) is 8.98. The number of thiazole rings is 1. The number of ether oxygens (including phenoxy) is 1. The lowest BCUT2D eigenvalue weighted by Gasteiger charge is -2.30. The Morgan fingerprint density at radius 3 is 2.67 bits per heavy atom. The molecule has 0 bridgehead atoms. The molecule has 1 fully saturated rings. The van der Waals surface area contributed by atoms with E-state index in [0.29, 0.717) is 45.4 Å². The number of rotatable bonds is 7. The number of urea groups is 1. The van der Waals surface area contributed by atoms with Crippen molar-refractivity contribution in [1.82, 2.24) is 15.2 Å². The summed E-state index contributed by atoms with van der Waals surface area (Å²) in [6, 6.07) is -0.0840. The van der Waals surface area contributed by atoms with Crippen LogP contribution in [0, 0.1) is 12.8 Å². The first-order valence-electron chi connectivity index (χ1n) is 8.17. The summed E-state index contributed by atoms with van der Waals surface area (Å²) in [7, 11) is 1.61. The lowest BCUT2D eigenvalue weighted by molar-refractivity contribution is -0.142. The SMILES string of the molecule is COCCN(Cc1scnc1C)C(=O)NC1CCC(C(=O)O)CC1. The van der Waals surface area contributed by atoms with Crippen LogP contribution in [-0.2, 0) is 16.1 Å². The summed E-state index contributed by atoms with van der Waals surface area (Å²) in [6.45, 7) is 3.42. The Hall–Kier alpha value is -1.67. The first kappa shape index (κ1) is 18.7. The molecule has 0 aromatic carbocycles. The van der Waals surface area contributed by atoms with Crippen LogP contribution in [-0.4, -0.2) is 53.3 Å². The van der Waals surface area contributed by atoms with Gasteiger partial charge in [0.1, 0.15) is 0 Å². The quantitative estimate of drug-likeness (QED) is 0.783. The summed E-state index contributed by atoms with van der Waals surface area (Å²) in [4.78, 5) is 30.6. The van der Waals surface area contributed by atoms with Crippen LogP contribution >= 0.6 is 11.3 Å². The fourth-order valence-corrected chi connectivity index (χ4v) is 3.65. The zero-order chi connectivity index (χ0) is 17.5. The van der Waals surface area contributed by atoms with E-state index in [0.717, 1.165) is 10.6 Å². The van der Waals surface area contributed by atoms with Gasteiger partial charge in [-0.05, 0) is 32.6 Å². The van der Waals surface area contributed by atoms with Crippen LogP contribution in [0.25, 0.3) is 0 Å². The minimum atomic E-state index is -0.734. The third-order valence-corrected chi connectivity index (χ3v) is 5.36. The van der Waals surface area contributed by atoms with Crippen LogP contribution in [0.4, 0.5) is 4.79 Å². The molecule has 0 aliphatic heterocycles. The number of aliphatic carboxylic acids is 1. The van der Waals surface area contributed by atoms with Crippen molar-refractivity contribution < 1.29 is 19.4 Å². The van der Waals surface area contributed by atoms with Gasteiger partial charge >= 0.3 is 12.0 Å². The average molecular weight is 355 g/mol. The fraction of sp³-hybridized carbons (Fsp3) is 0.688. The number of aromatic nitrogens is 1. The molecular formula is C16H25N3O4S. The zero-order valence-electron chi connectivity index (χ0n) is 14.2. The molecule has 7 nitrogen and oxygen atoms in total. The monoisotopic (exact) mass is 355 g/mol. The van der Waals surface area contributed by atoms with Crippen molar-refractivity contribution >= 4 is 23.3 Å². The maximum atomic E-state index is 12.6. The highest BCUT2D eigenvalue weighted by Gasteiger charge is 2.28. The summed E-state index contributed by atoms with van der Waals surface area (Å²) in [6.07, 6.45) is 2.65. The molecule has 0 saturated heterocycles. The second-order valence-electron chi connectivity index (χ2n) is 6.11. The molecule has 1 saturated carbocycles. The first-order chi connectivity index (χ1) is 11.5. The molecule has 24 heavy (non-hydrogen) atoms. The summed E-state index contributed by atoms with van der Waals surface area (Å²) in [5, 5.41) is 12.1. The third-order valence-electron chi connectivity index (χ3n) is 4.44. The molecule has 0 spiro atoms. The van der Waals surface area contributed by atoms with Crippen molar-refractivity contribution in [2.24, 2.45) is 5.92 Å². The number of hydrogen-bond donors (Lipinski definition) is 2. The average Bonchev–Trinajstić information content (AvgIpc) is 2.96. The predicted octanol–water partition coefficient (Wildman–Crippen LogP) is 2.25. The Morgan fingerprint density at radius 2 is 2.12 bits per heavy atom. The summed E-state index contributed by atoms with van der Waals surface area (Å²) in [5.74, 6) is -1.01. The lowest BCUT2D eigenvalue weighted by atomic mass is 9.86. The molecule has 134 valence electrons. The van der Waals surface area contributed by atoms with Crippen LogP contribution in [0.3, 0.4) is 0 Å². The van der Waals surface area contributed by atoms with Crippen LogP contribution in [0.15, 0.2) is 5.51 Å². The minimum absolute atomic E-state index is 0.0423. The maximum Gasteiger partial charge on any atom is 0.318 e. The van der Waals surface area contributed by atoms with E-state index in [1.165, 1.54) is 11.3 Å². The van der Waals surface area contributed by atoms with Gasteiger partial charge in [-0.1, -0.05) is 0 Å². The summed E-state index contributed by atoms with van der Waals surface area (Å²) in [5.41, 5.74) is 2.72. The normalized spacial score (nSPS) is 20.6. The van der Waals surface area contributed by atoms with Gasteiger partial charge in [0.2, 0.25) is 0 Å². The number of carbonyl (C=O) groups is 2. The van der Waals surface area contributed by atoms with Crippen molar-refractivity contribution in [3.63, 3.8) is 0 Å². The molecule has 2 rings (SSSR count). The minimum Gasteiger partial charge on any atom is -0.481 e. The maximum absolute atomic E-state index is 12.6. The van der Waals surface area contributed by atoms with E-state index < -0.39 is 5.97 Å². The molecule has 1 aromatic rings. The number of carboxylic acid groups (broad SMARTS) is 1. The van der Waals surface area contributed by atoms with Crippen LogP contribution in [0.1, 0.15) is 36.3 Å². The molecule has 0 radical (unpaired) electrons. The summed E-state index contributed by atoms with van der Waals surface area (Å²) >= 11 is 1.54. The van der Waals surface area contributed by atoms with Gasteiger partial charge in [-0.25, -0.2) is 9.78 Å². The Morgan fingerprint density at radius 1 is 1.42 bits per heavy atom. The topological polar surface area (TPSA) is 91.8 Å². The Balaban J connectivity index is 1.90. The van der Waals surface area contributed by atoms with Gasteiger partial charge in [-0.2, -0.15) is 0 Å². The van der Waals surface area contributed by atoms with Crippen molar-refractivity contribution in [1.29, 1.82) is 0 Å². The van der Waals surface area contributed by atoms with Crippen molar-refractivity contribution in [3.05, 3.63) is 16.1 Å². The molecule has 1 aromatic heterocycles. The van der Waals surface area contributed by atoms with E-state index in [1.54, 1.807) is 17.5 Å². The van der Waals surface area contributed by atoms with Gasteiger partial charge in [0.05, 0.1) is 30.3 Å². The second-order valence-corrected chi connectivity index (χ2v) is 7.05. The number of carboxylic acids is 1. The van der Waals surface area contributed by atoms with E-state index >= 15 is 0 Å². The largest absolute Gasteiger partial charge is 0.481 e. The van der Waals surface area contributed by atoms with Gasteiger partial charge in [-0.3, -0.25) is 4.79 Å². The number of methoxy groups -OCH3 is 1. The fourth-order valence-electron chi connectivity index (χ4n) is 2.86. The van der Waals surface area contributed by atoms with E-state index in [9.17, 15) is 9.59 Å². The highest BCUT2D eigenvalue weighted by atomic mass is 32.1. The standard InChI is InChI=1S/C16H25N3O4S/c1-11-14(24-10-17-11)9-19(7-8-23-2)16(22)18-13-5-3-12(4-6-13)15(20)21/h10,12-13H,3-9H2,1-2H3,(H,18,22)(H,20,21). The number of nitrogens with zero attached hydrogens (tertiary/aromatic N) is 2. The van der Waals surface area contributed by atoms with E-state index in [4.69, 9.17) is 9.84 Å². The number of nitrogens with one attached hydrogen (secondary N) is 1. The molecule has 8 heteroatoms. The number of hydrogen-bond acceptors (Lipinski definition) is 5. The molecule has 1 aliphatic carbocycles. The zero-order valence-corrected chi connectivity index (χ0v) is 15.0. The van der Waals surface area contributed by atoms with Crippen LogP contribution in [0.5, 0.6) is 0 Å². The van der Waals surface area contributed by atoms with Crippen LogP contribution < -0.4 is 5.32 Å². The van der Waals surface area contributed by atoms with Crippen molar-refractivity contribution in [3.8, 4) is 0 Å². The molecule has 1 aliphatic rings. The van der Waals surface area contributed by atoms with Crippen molar-refractivity contribution in [2.75, 3.05) is 20.3 Å². The summed E-state index contributed by atoms with van der Waals surface area (Å²) < 4.78 is 5.10. The smallest absolute Gasteiger partial charge is 0.318 e. The molecule has 2 amide bonds. The van der Waals surface area contributed by atoms with Crippen molar-refractivity contribution in [2.45, 2.75) is 45.2 Å². The van der Waals surface area contributed by atoms with E-state index in [2.05, 4.69) is 10.3 Å². The van der Waals surface area contributed by atoms with E-state index in [-0.39, 0.29) is 18.0 Å². The van der Waals surface area contributed by atoms with Gasteiger partial charge in [0.25, 0.3) is 0 Å². The van der Waals surface area contributed by atoms with Gasteiger partial charge in [0, 0.05) is 24.6 Å². The third kappa shape index (κ3) is 5.17. The van der Waals surface area contributed by atoms with Gasteiger partial charge in [-0.15, -0.1) is 11.3 Å². The highest BCUT2D eigenvalue weighted by molar-refractivity contribution is 7.09. The molecule has 0 atom stereocenters. The number of amides is 2. The highest BCUT2D eigenvalue weighted by Crippen LogP contribution is 2.24. The Bertz CT molecular complexity index is 555.